The summed E-state index contributed by atoms with van der Waals surface area (Å²) in [4.78, 5) is 29.3. The summed E-state index contributed by atoms with van der Waals surface area (Å²) in [5.74, 6) is -1.60. The SMILES string of the molecule is NCC(=O)NC(CC1C=NC=N1)C(=O)O. The van der Waals surface area contributed by atoms with Crippen molar-refractivity contribution in [2.45, 2.75) is 18.5 Å². The van der Waals surface area contributed by atoms with Gasteiger partial charge in [0.2, 0.25) is 5.91 Å². The lowest BCUT2D eigenvalue weighted by Gasteiger charge is -2.14. The van der Waals surface area contributed by atoms with E-state index in [1.165, 1.54) is 12.6 Å². The standard InChI is InChI=1S/C8H12N4O3/c9-2-7(13)12-6(8(14)15)1-5-3-10-4-11-5/h3-6H,1-2,9H2,(H,12,13)(H,14,15). The molecule has 0 radical (unpaired) electrons. The molecule has 7 heteroatoms. The van der Waals surface area contributed by atoms with E-state index in [9.17, 15) is 9.59 Å². The molecule has 0 aliphatic carbocycles. The minimum Gasteiger partial charge on any atom is -0.480 e. The number of hydrogen-bond donors (Lipinski definition) is 3. The average Bonchev–Trinajstić information content (AvgIpc) is 2.69. The van der Waals surface area contributed by atoms with Crippen molar-refractivity contribution in [3.63, 3.8) is 0 Å². The fraction of sp³-hybridized carbons (Fsp3) is 0.500. The van der Waals surface area contributed by atoms with Crippen LogP contribution in [0.2, 0.25) is 0 Å². The minimum absolute atomic E-state index is 0.182. The second kappa shape index (κ2) is 5.20. The Morgan fingerprint density at radius 3 is 2.80 bits per heavy atom. The van der Waals surface area contributed by atoms with E-state index in [0.717, 1.165) is 0 Å². The molecule has 15 heavy (non-hydrogen) atoms. The predicted octanol–water partition coefficient (Wildman–Crippen LogP) is -1.61. The molecule has 2 unspecified atom stereocenters. The monoisotopic (exact) mass is 212 g/mol. The molecule has 1 rings (SSSR count). The van der Waals surface area contributed by atoms with Crippen molar-refractivity contribution < 1.29 is 14.7 Å². The van der Waals surface area contributed by atoms with E-state index in [2.05, 4.69) is 15.3 Å². The molecule has 1 heterocycles. The smallest absolute Gasteiger partial charge is 0.326 e. The summed E-state index contributed by atoms with van der Waals surface area (Å²) in [6.07, 6.45) is 3.07. The van der Waals surface area contributed by atoms with Crippen molar-refractivity contribution in [2.75, 3.05) is 6.54 Å². The van der Waals surface area contributed by atoms with Gasteiger partial charge in [0.25, 0.3) is 0 Å². The summed E-state index contributed by atoms with van der Waals surface area (Å²) in [5, 5.41) is 11.1. The number of nitrogens with one attached hydrogen (secondary N) is 1. The van der Waals surface area contributed by atoms with Gasteiger partial charge in [-0.1, -0.05) is 0 Å². The minimum atomic E-state index is -1.10. The van der Waals surface area contributed by atoms with Crippen LogP contribution in [-0.2, 0) is 9.59 Å². The molecule has 4 N–H and O–H groups in total. The topological polar surface area (TPSA) is 117 Å². The Hall–Kier alpha value is -1.76. The normalized spacial score (nSPS) is 20.2. The number of carboxylic acid groups (broad SMARTS) is 1. The van der Waals surface area contributed by atoms with Crippen molar-refractivity contribution in [1.82, 2.24) is 5.32 Å². The Morgan fingerprint density at radius 2 is 2.33 bits per heavy atom. The van der Waals surface area contributed by atoms with Gasteiger partial charge in [-0.05, 0) is 0 Å². The van der Waals surface area contributed by atoms with E-state index < -0.39 is 17.9 Å². The van der Waals surface area contributed by atoms with Crippen LogP contribution in [0.5, 0.6) is 0 Å². The quantitative estimate of drug-likeness (QED) is 0.508. The molecule has 0 aromatic rings. The first-order chi connectivity index (χ1) is 7.13. The van der Waals surface area contributed by atoms with Gasteiger partial charge in [0.1, 0.15) is 12.4 Å². The fourth-order valence-electron chi connectivity index (χ4n) is 1.14. The Bertz CT molecular complexity index is 301. The van der Waals surface area contributed by atoms with E-state index in [1.807, 2.05) is 0 Å². The highest BCUT2D eigenvalue weighted by Gasteiger charge is 2.23. The van der Waals surface area contributed by atoms with Crippen molar-refractivity contribution in [3.05, 3.63) is 0 Å². The van der Waals surface area contributed by atoms with Crippen molar-refractivity contribution in [1.29, 1.82) is 0 Å². The van der Waals surface area contributed by atoms with Crippen LogP contribution in [0.3, 0.4) is 0 Å². The summed E-state index contributed by atoms with van der Waals surface area (Å²) >= 11 is 0. The Kier molecular flexibility index (Phi) is 3.92. The Balaban J connectivity index is 2.50. The highest BCUT2D eigenvalue weighted by Crippen LogP contribution is 2.04. The van der Waals surface area contributed by atoms with Gasteiger partial charge in [0.15, 0.2) is 0 Å². The zero-order chi connectivity index (χ0) is 11.3. The third kappa shape index (κ3) is 3.47. The largest absolute Gasteiger partial charge is 0.480 e. The third-order valence-electron chi connectivity index (χ3n) is 1.88. The van der Waals surface area contributed by atoms with Gasteiger partial charge in [0, 0.05) is 12.6 Å². The number of hydrogen-bond acceptors (Lipinski definition) is 5. The molecule has 82 valence electrons. The van der Waals surface area contributed by atoms with E-state index in [1.54, 1.807) is 0 Å². The van der Waals surface area contributed by atoms with Gasteiger partial charge in [-0.25, -0.2) is 9.79 Å². The Labute approximate surface area is 86.1 Å². The summed E-state index contributed by atoms with van der Waals surface area (Å²) in [7, 11) is 0. The highest BCUT2D eigenvalue weighted by molar-refractivity contribution is 5.86. The number of aliphatic imine (C=N–C) groups is 2. The molecule has 7 nitrogen and oxygen atoms in total. The third-order valence-corrected chi connectivity index (χ3v) is 1.88. The van der Waals surface area contributed by atoms with Crippen LogP contribution in [-0.4, -0.2) is 48.2 Å². The molecular formula is C8H12N4O3. The molecule has 0 saturated carbocycles. The Morgan fingerprint density at radius 1 is 1.60 bits per heavy atom. The first-order valence-electron chi connectivity index (χ1n) is 4.40. The van der Waals surface area contributed by atoms with Gasteiger partial charge in [-0.15, -0.1) is 0 Å². The lowest BCUT2D eigenvalue weighted by Crippen LogP contribution is -2.45. The molecule has 0 bridgehead atoms. The number of aliphatic carboxylic acids is 1. The highest BCUT2D eigenvalue weighted by atomic mass is 16.4. The van der Waals surface area contributed by atoms with Gasteiger partial charge >= 0.3 is 5.97 Å². The van der Waals surface area contributed by atoms with E-state index >= 15 is 0 Å². The van der Waals surface area contributed by atoms with Gasteiger partial charge in [-0.2, -0.15) is 0 Å². The maximum absolute atomic E-state index is 10.9. The first kappa shape index (κ1) is 11.3. The zero-order valence-corrected chi connectivity index (χ0v) is 7.96. The molecule has 2 atom stereocenters. The number of carbonyl (C=O) groups excluding carboxylic acids is 1. The summed E-state index contributed by atoms with van der Waals surface area (Å²) in [6.45, 7) is -0.230. The molecular weight excluding hydrogens is 200 g/mol. The summed E-state index contributed by atoms with van der Waals surface area (Å²) < 4.78 is 0. The van der Waals surface area contributed by atoms with Gasteiger partial charge in [0.05, 0.1) is 12.6 Å². The van der Waals surface area contributed by atoms with Crippen LogP contribution in [0.15, 0.2) is 9.98 Å². The van der Waals surface area contributed by atoms with E-state index in [-0.39, 0.29) is 19.0 Å². The molecule has 0 spiro atoms. The van der Waals surface area contributed by atoms with E-state index in [0.29, 0.717) is 0 Å². The second-order valence-electron chi connectivity index (χ2n) is 3.03. The van der Waals surface area contributed by atoms with E-state index in [4.69, 9.17) is 10.8 Å². The maximum atomic E-state index is 10.9. The molecule has 0 fully saturated rings. The molecule has 1 amide bonds. The fourth-order valence-corrected chi connectivity index (χ4v) is 1.14. The number of carboxylic acids is 1. The first-order valence-corrected chi connectivity index (χ1v) is 4.40. The van der Waals surface area contributed by atoms with Crippen molar-refractivity contribution >= 4 is 24.4 Å². The summed E-state index contributed by atoms with van der Waals surface area (Å²) in [5.41, 5.74) is 5.07. The van der Waals surface area contributed by atoms with Crippen LogP contribution < -0.4 is 11.1 Å². The van der Waals surface area contributed by atoms with Crippen molar-refractivity contribution in [3.8, 4) is 0 Å². The number of rotatable bonds is 5. The van der Waals surface area contributed by atoms with Crippen LogP contribution in [0.25, 0.3) is 0 Å². The molecule has 1 aliphatic rings. The summed E-state index contributed by atoms with van der Waals surface area (Å²) in [6, 6.07) is -1.27. The van der Waals surface area contributed by atoms with Gasteiger partial charge < -0.3 is 16.2 Å². The van der Waals surface area contributed by atoms with Crippen molar-refractivity contribution in [2.24, 2.45) is 15.7 Å². The second-order valence-corrected chi connectivity index (χ2v) is 3.03. The zero-order valence-electron chi connectivity index (χ0n) is 7.96. The lowest BCUT2D eigenvalue weighted by atomic mass is 10.1. The van der Waals surface area contributed by atoms with Crippen LogP contribution in [0.1, 0.15) is 6.42 Å². The average molecular weight is 212 g/mol. The number of nitrogens with zero attached hydrogens (tertiary/aromatic N) is 2. The molecule has 0 saturated heterocycles. The van der Waals surface area contributed by atoms with Gasteiger partial charge in [-0.3, -0.25) is 9.79 Å². The molecule has 0 aromatic carbocycles. The molecule has 0 aromatic heterocycles. The molecule has 1 aliphatic heterocycles. The predicted molar refractivity (Wildman–Crippen MR) is 54.0 cm³/mol. The maximum Gasteiger partial charge on any atom is 0.326 e. The van der Waals surface area contributed by atoms with Crippen LogP contribution in [0.4, 0.5) is 0 Å². The number of amides is 1. The lowest BCUT2D eigenvalue weighted by molar-refractivity contribution is -0.141. The number of nitrogens with two attached hydrogens (primary N) is 1. The number of carbonyl (C=O) groups is 2. The van der Waals surface area contributed by atoms with Crippen LogP contribution >= 0.6 is 0 Å². The van der Waals surface area contributed by atoms with Crippen LogP contribution in [0, 0.1) is 0 Å².